The zero-order chi connectivity index (χ0) is 15.6. The molecule has 1 heterocycles. The summed E-state index contributed by atoms with van der Waals surface area (Å²) in [4.78, 5) is 2.05. The lowest BCUT2D eigenvalue weighted by Crippen LogP contribution is -2.50. The van der Waals surface area contributed by atoms with Gasteiger partial charge in [-0.05, 0) is 24.1 Å². The fourth-order valence-corrected chi connectivity index (χ4v) is 5.83. The predicted octanol–water partition coefficient (Wildman–Crippen LogP) is 2.18. The molecule has 0 aromatic heterocycles. The van der Waals surface area contributed by atoms with Gasteiger partial charge in [0.15, 0.2) is 9.84 Å². The van der Waals surface area contributed by atoms with Crippen LogP contribution in [-0.2, 0) is 9.84 Å². The molecule has 1 fully saturated rings. The average Bonchev–Trinajstić information content (AvgIpc) is 2.43. The van der Waals surface area contributed by atoms with Gasteiger partial charge in [-0.15, -0.1) is 0 Å². The average molecular weight is 393 g/mol. The minimum atomic E-state index is -3.12. The molecule has 1 saturated heterocycles. The molecule has 4 nitrogen and oxygen atoms in total. The van der Waals surface area contributed by atoms with Crippen molar-refractivity contribution in [3.8, 4) is 0 Å². The summed E-state index contributed by atoms with van der Waals surface area (Å²) in [6.07, 6.45) is 1.32. The largest absolute Gasteiger partial charge is 0.329 e. The molecule has 0 amide bonds. The molecule has 118 valence electrons. The summed E-state index contributed by atoms with van der Waals surface area (Å²) in [5, 5.41) is -0.450. The fraction of sp³-hybridized carbons (Fsp3) is 0.571. The first-order valence-electron chi connectivity index (χ1n) is 6.83. The Bertz CT molecular complexity index is 607. The van der Waals surface area contributed by atoms with Crippen molar-refractivity contribution in [2.45, 2.75) is 18.3 Å². The molecule has 0 aliphatic carbocycles. The van der Waals surface area contributed by atoms with Gasteiger partial charge >= 0.3 is 0 Å². The lowest BCUT2D eigenvalue weighted by Gasteiger charge is -2.39. The van der Waals surface area contributed by atoms with E-state index in [1.165, 1.54) is 6.26 Å². The molecule has 1 aliphatic heterocycles. The van der Waals surface area contributed by atoms with Gasteiger partial charge in [0, 0.05) is 41.4 Å². The van der Waals surface area contributed by atoms with Gasteiger partial charge < -0.3 is 5.73 Å². The number of hydrogen-bond donors (Lipinski definition) is 1. The number of benzene rings is 1. The lowest BCUT2D eigenvalue weighted by molar-refractivity contribution is 0.198. The topological polar surface area (TPSA) is 63.4 Å². The molecule has 2 atom stereocenters. The number of thioether (sulfide) groups is 1. The quantitative estimate of drug-likeness (QED) is 0.850. The van der Waals surface area contributed by atoms with Crippen LogP contribution in [0.1, 0.15) is 17.2 Å². The lowest BCUT2D eigenvalue weighted by atomic mass is 10.0. The third-order valence-electron chi connectivity index (χ3n) is 3.81. The Morgan fingerprint density at radius 1 is 1.52 bits per heavy atom. The van der Waals surface area contributed by atoms with Crippen molar-refractivity contribution in [2.75, 3.05) is 30.9 Å². The highest BCUT2D eigenvalue weighted by atomic mass is 79.9. The van der Waals surface area contributed by atoms with E-state index < -0.39 is 15.2 Å². The van der Waals surface area contributed by atoms with Gasteiger partial charge in [0.1, 0.15) is 5.37 Å². The van der Waals surface area contributed by atoms with Gasteiger partial charge in [0.25, 0.3) is 0 Å². The van der Waals surface area contributed by atoms with Crippen molar-refractivity contribution in [1.82, 2.24) is 4.90 Å². The van der Waals surface area contributed by atoms with Gasteiger partial charge in [-0.3, -0.25) is 4.90 Å². The molecule has 21 heavy (non-hydrogen) atoms. The summed E-state index contributed by atoms with van der Waals surface area (Å²) in [7, 11) is -3.12. The van der Waals surface area contributed by atoms with Crippen molar-refractivity contribution in [3.05, 3.63) is 33.8 Å². The Morgan fingerprint density at radius 3 is 2.81 bits per heavy atom. The normalized spacial score (nSPS) is 22.2. The summed E-state index contributed by atoms with van der Waals surface area (Å²) in [6.45, 7) is 3.19. The number of halogens is 1. The van der Waals surface area contributed by atoms with Crippen molar-refractivity contribution in [1.29, 1.82) is 0 Å². The highest BCUT2D eigenvalue weighted by Gasteiger charge is 2.35. The van der Waals surface area contributed by atoms with Crippen molar-refractivity contribution < 1.29 is 8.42 Å². The van der Waals surface area contributed by atoms with Crippen molar-refractivity contribution >= 4 is 37.5 Å². The van der Waals surface area contributed by atoms with Gasteiger partial charge in [-0.1, -0.05) is 28.1 Å². The van der Waals surface area contributed by atoms with Crippen LogP contribution in [0.2, 0.25) is 0 Å². The summed E-state index contributed by atoms with van der Waals surface area (Å²) in [6, 6.07) is 6.05. The zero-order valence-electron chi connectivity index (χ0n) is 12.3. The first-order chi connectivity index (χ1) is 9.84. The molecule has 2 unspecified atom stereocenters. The molecular weight excluding hydrogens is 372 g/mol. The highest BCUT2D eigenvalue weighted by molar-refractivity contribution is 9.10. The van der Waals surface area contributed by atoms with Crippen LogP contribution in [0.4, 0.5) is 0 Å². The molecule has 2 rings (SSSR count). The number of rotatable bonds is 4. The van der Waals surface area contributed by atoms with Crippen LogP contribution in [-0.4, -0.2) is 49.5 Å². The second kappa shape index (κ2) is 7.00. The van der Waals surface area contributed by atoms with Crippen molar-refractivity contribution in [2.24, 2.45) is 5.73 Å². The van der Waals surface area contributed by atoms with Gasteiger partial charge in [0.05, 0.1) is 0 Å². The molecular formula is C14H21BrN2O2S2. The summed E-state index contributed by atoms with van der Waals surface area (Å²) >= 11 is 5.19. The molecule has 2 N–H and O–H groups in total. The number of hydrogen-bond acceptors (Lipinski definition) is 5. The summed E-state index contributed by atoms with van der Waals surface area (Å²) in [5.74, 6) is 1.56. The third kappa shape index (κ3) is 4.01. The molecule has 7 heteroatoms. The van der Waals surface area contributed by atoms with Crippen LogP contribution in [0.15, 0.2) is 22.7 Å². The SMILES string of the molecule is Cc1cc(C(CN)N2CCSCC2S(C)(=O)=O)ccc1Br. The summed E-state index contributed by atoms with van der Waals surface area (Å²) < 4.78 is 25.2. The Kier molecular flexibility index (Phi) is 5.76. The molecule has 0 bridgehead atoms. The number of nitrogens with two attached hydrogens (primary N) is 1. The van der Waals surface area contributed by atoms with Crippen LogP contribution in [0.3, 0.4) is 0 Å². The van der Waals surface area contributed by atoms with E-state index in [1.807, 2.05) is 19.1 Å². The van der Waals surface area contributed by atoms with Gasteiger partial charge in [-0.25, -0.2) is 8.42 Å². The smallest absolute Gasteiger partial charge is 0.164 e. The van der Waals surface area contributed by atoms with Gasteiger partial charge in [-0.2, -0.15) is 11.8 Å². The minimum absolute atomic E-state index is 0.0579. The van der Waals surface area contributed by atoms with E-state index in [0.717, 1.165) is 27.9 Å². The van der Waals surface area contributed by atoms with E-state index in [2.05, 4.69) is 26.9 Å². The fourth-order valence-electron chi connectivity index (χ4n) is 2.66. The predicted molar refractivity (Wildman–Crippen MR) is 93.3 cm³/mol. The number of nitrogens with zero attached hydrogens (tertiary/aromatic N) is 1. The minimum Gasteiger partial charge on any atom is -0.329 e. The van der Waals surface area contributed by atoms with E-state index >= 15 is 0 Å². The van der Waals surface area contributed by atoms with Crippen LogP contribution < -0.4 is 5.73 Å². The molecule has 1 aromatic carbocycles. The molecule has 1 aromatic rings. The van der Waals surface area contributed by atoms with Crippen LogP contribution in [0.5, 0.6) is 0 Å². The standard InChI is InChI=1S/C14H21BrN2O2S2/c1-10-7-11(3-4-12(10)15)13(8-16)17-5-6-20-9-14(17)21(2,18)19/h3-4,7,13-14H,5-6,8-9,16H2,1-2H3. The number of aryl methyl sites for hydroxylation is 1. The van der Waals surface area contributed by atoms with Crippen LogP contribution >= 0.6 is 27.7 Å². The maximum Gasteiger partial charge on any atom is 0.164 e. The summed E-state index contributed by atoms with van der Waals surface area (Å²) in [5.41, 5.74) is 8.19. The monoisotopic (exact) mass is 392 g/mol. The Balaban J connectivity index is 2.36. The van der Waals surface area contributed by atoms with E-state index in [4.69, 9.17) is 5.73 Å². The van der Waals surface area contributed by atoms with Crippen molar-refractivity contribution in [3.63, 3.8) is 0 Å². The molecule has 0 saturated carbocycles. The van der Waals surface area contributed by atoms with E-state index in [-0.39, 0.29) is 6.04 Å². The second-order valence-electron chi connectivity index (χ2n) is 5.36. The Morgan fingerprint density at radius 2 is 2.24 bits per heavy atom. The Labute approximate surface area is 139 Å². The number of sulfone groups is 1. The third-order valence-corrected chi connectivity index (χ3v) is 7.36. The van der Waals surface area contributed by atoms with Crippen LogP contribution in [0, 0.1) is 6.92 Å². The molecule has 0 radical (unpaired) electrons. The zero-order valence-corrected chi connectivity index (χ0v) is 15.5. The maximum absolute atomic E-state index is 12.1. The first-order valence-corrected chi connectivity index (χ1v) is 10.7. The molecule has 1 aliphatic rings. The second-order valence-corrected chi connectivity index (χ2v) is 9.56. The molecule has 0 spiro atoms. The maximum atomic E-state index is 12.1. The van der Waals surface area contributed by atoms with E-state index in [1.54, 1.807) is 11.8 Å². The van der Waals surface area contributed by atoms with E-state index in [9.17, 15) is 8.42 Å². The van der Waals surface area contributed by atoms with Crippen LogP contribution in [0.25, 0.3) is 0 Å². The van der Waals surface area contributed by atoms with Gasteiger partial charge in [0.2, 0.25) is 0 Å². The van der Waals surface area contributed by atoms with E-state index in [0.29, 0.717) is 12.3 Å². The highest BCUT2D eigenvalue weighted by Crippen LogP contribution is 2.31. The Hall–Kier alpha value is -0.0800. The first kappa shape index (κ1) is 17.3.